The molecule has 2 heterocycles. The molecule has 0 aliphatic carbocycles. The lowest BCUT2D eigenvalue weighted by Gasteiger charge is -2.25. The first-order valence-corrected chi connectivity index (χ1v) is 7.76. The summed E-state index contributed by atoms with van der Waals surface area (Å²) in [6.07, 6.45) is 1.38. The third-order valence-corrected chi connectivity index (χ3v) is 4.10. The number of amides is 1. The third kappa shape index (κ3) is 3.52. The van der Waals surface area contributed by atoms with E-state index in [2.05, 4.69) is 15.3 Å². The van der Waals surface area contributed by atoms with Crippen LogP contribution in [0.25, 0.3) is 0 Å². The summed E-state index contributed by atoms with van der Waals surface area (Å²) in [4.78, 5) is 32.8. The van der Waals surface area contributed by atoms with Crippen molar-refractivity contribution in [1.29, 1.82) is 0 Å². The maximum atomic E-state index is 11.6. The zero-order valence-corrected chi connectivity index (χ0v) is 13.9. The van der Waals surface area contributed by atoms with E-state index < -0.39 is 6.09 Å². The van der Waals surface area contributed by atoms with Crippen LogP contribution in [-0.2, 0) is 17.7 Å². The van der Waals surface area contributed by atoms with E-state index in [1.54, 1.807) is 24.4 Å². The molecule has 2 aromatic rings. The van der Waals surface area contributed by atoms with Crippen LogP contribution in [0.3, 0.4) is 0 Å². The second-order valence-corrected chi connectivity index (χ2v) is 5.77. The van der Waals surface area contributed by atoms with Crippen LogP contribution in [0, 0.1) is 6.92 Å². The second kappa shape index (κ2) is 6.76. The number of carboxylic acid groups (broad SMARTS) is 1. The third-order valence-electron chi connectivity index (χ3n) is 4.10. The van der Waals surface area contributed by atoms with Crippen LogP contribution in [0.4, 0.5) is 16.4 Å². The Balaban J connectivity index is 1.80. The lowest BCUT2D eigenvalue weighted by Crippen LogP contribution is -2.35. The highest BCUT2D eigenvalue weighted by atomic mass is 16.5. The molecular formula is C17H18N4O4. The predicted octanol–water partition coefficient (Wildman–Crippen LogP) is 2.35. The van der Waals surface area contributed by atoms with Gasteiger partial charge in [-0.25, -0.2) is 19.6 Å². The number of carbonyl (C=O) groups is 2. The number of fused-ring (bicyclic) bond motifs is 1. The molecule has 0 saturated heterocycles. The fourth-order valence-electron chi connectivity index (χ4n) is 2.74. The number of benzene rings is 1. The van der Waals surface area contributed by atoms with Crippen molar-refractivity contribution in [3.8, 4) is 0 Å². The first kappa shape index (κ1) is 16.7. The Morgan fingerprint density at radius 1 is 1.36 bits per heavy atom. The van der Waals surface area contributed by atoms with Gasteiger partial charge >= 0.3 is 12.1 Å². The van der Waals surface area contributed by atoms with Crippen molar-refractivity contribution in [3.05, 3.63) is 46.8 Å². The van der Waals surface area contributed by atoms with Crippen molar-refractivity contribution in [2.45, 2.75) is 19.9 Å². The number of aromatic nitrogens is 2. The number of esters is 1. The molecule has 1 aliphatic heterocycles. The number of nitrogens with zero attached hydrogens (tertiary/aromatic N) is 3. The Bertz CT molecular complexity index is 837. The number of hydrogen-bond acceptors (Lipinski definition) is 6. The molecule has 1 amide bonds. The van der Waals surface area contributed by atoms with Gasteiger partial charge in [0.1, 0.15) is 0 Å². The van der Waals surface area contributed by atoms with Gasteiger partial charge in [-0.15, -0.1) is 0 Å². The number of rotatable bonds is 3. The van der Waals surface area contributed by atoms with Crippen LogP contribution in [0.15, 0.2) is 24.4 Å². The normalized spacial score (nSPS) is 13.1. The first-order valence-electron chi connectivity index (χ1n) is 7.76. The van der Waals surface area contributed by atoms with Gasteiger partial charge in [0.2, 0.25) is 5.95 Å². The smallest absolute Gasteiger partial charge is 0.407 e. The number of ether oxygens (including phenoxy) is 1. The number of carbonyl (C=O) groups excluding carboxylic acids is 1. The van der Waals surface area contributed by atoms with E-state index in [9.17, 15) is 9.59 Å². The van der Waals surface area contributed by atoms with E-state index in [4.69, 9.17) is 9.84 Å². The Morgan fingerprint density at radius 2 is 2.16 bits per heavy atom. The summed E-state index contributed by atoms with van der Waals surface area (Å²) in [6.45, 7) is 2.52. The van der Waals surface area contributed by atoms with Crippen molar-refractivity contribution >= 4 is 23.7 Å². The van der Waals surface area contributed by atoms with E-state index in [0.717, 1.165) is 16.8 Å². The quantitative estimate of drug-likeness (QED) is 0.825. The summed E-state index contributed by atoms with van der Waals surface area (Å²) in [5.41, 5.74) is 3.66. The lowest BCUT2D eigenvalue weighted by atomic mass is 10.1. The topological polar surface area (TPSA) is 105 Å². The molecule has 2 N–H and O–H groups in total. The lowest BCUT2D eigenvalue weighted by molar-refractivity contribution is 0.0600. The van der Waals surface area contributed by atoms with E-state index in [1.807, 2.05) is 6.92 Å². The van der Waals surface area contributed by atoms with Gasteiger partial charge in [0.25, 0.3) is 0 Å². The van der Waals surface area contributed by atoms with Crippen molar-refractivity contribution in [3.63, 3.8) is 0 Å². The van der Waals surface area contributed by atoms with Gasteiger partial charge in [0.15, 0.2) is 0 Å². The number of anilines is 2. The standard InChI is InChI=1S/C17H18N4O4/c1-10-7-12(3-4-13(10)15(22)25-2)19-16-18-8-11-5-6-21(17(23)24)9-14(11)20-16/h3-4,7-8H,5-6,9H2,1-2H3,(H,23,24)(H,18,19,20). The summed E-state index contributed by atoms with van der Waals surface area (Å²) >= 11 is 0. The average Bonchev–Trinajstić information content (AvgIpc) is 2.60. The molecule has 1 aromatic carbocycles. The van der Waals surface area contributed by atoms with Crippen molar-refractivity contribution in [2.75, 3.05) is 19.0 Å². The minimum Gasteiger partial charge on any atom is -0.465 e. The molecule has 0 bridgehead atoms. The number of methoxy groups -OCH3 is 1. The maximum Gasteiger partial charge on any atom is 0.407 e. The molecule has 0 radical (unpaired) electrons. The molecular weight excluding hydrogens is 324 g/mol. The van der Waals surface area contributed by atoms with Crippen LogP contribution in [-0.4, -0.2) is 45.7 Å². The zero-order chi connectivity index (χ0) is 18.0. The number of aryl methyl sites for hydroxylation is 1. The van der Waals surface area contributed by atoms with E-state index in [0.29, 0.717) is 30.2 Å². The van der Waals surface area contributed by atoms with Gasteiger partial charge in [-0.05, 0) is 42.7 Å². The van der Waals surface area contributed by atoms with E-state index in [-0.39, 0.29) is 12.5 Å². The Morgan fingerprint density at radius 3 is 2.84 bits per heavy atom. The molecule has 8 nitrogen and oxygen atoms in total. The highest BCUT2D eigenvalue weighted by Crippen LogP contribution is 2.21. The summed E-state index contributed by atoms with van der Waals surface area (Å²) in [5.74, 6) is -0.000880. The molecule has 0 saturated carbocycles. The molecule has 8 heteroatoms. The van der Waals surface area contributed by atoms with Gasteiger partial charge in [-0.2, -0.15) is 0 Å². The number of hydrogen-bond donors (Lipinski definition) is 2. The van der Waals surface area contributed by atoms with Crippen LogP contribution in [0.5, 0.6) is 0 Å². The van der Waals surface area contributed by atoms with E-state index in [1.165, 1.54) is 12.0 Å². The highest BCUT2D eigenvalue weighted by molar-refractivity contribution is 5.91. The fraction of sp³-hybridized carbons (Fsp3) is 0.294. The summed E-state index contributed by atoms with van der Waals surface area (Å²) in [6, 6.07) is 5.22. The minimum atomic E-state index is -0.951. The van der Waals surface area contributed by atoms with Gasteiger partial charge in [-0.1, -0.05) is 0 Å². The summed E-state index contributed by atoms with van der Waals surface area (Å²) in [5, 5.41) is 12.2. The Hall–Kier alpha value is -3.16. The molecule has 0 spiro atoms. The van der Waals surface area contributed by atoms with E-state index >= 15 is 0 Å². The molecule has 0 unspecified atom stereocenters. The molecule has 0 fully saturated rings. The SMILES string of the molecule is COC(=O)c1ccc(Nc2ncc3c(n2)CN(C(=O)O)CC3)cc1C. The largest absolute Gasteiger partial charge is 0.465 e. The average molecular weight is 342 g/mol. The highest BCUT2D eigenvalue weighted by Gasteiger charge is 2.21. The van der Waals surface area contributed by atoms with Gasteiger partial charge in [0, 0.05) is 18.4 Å². The van der Waals surface area contributed by atoms with Crippen LogP contribution in [0.1, 0.15) is 27.2 Å². The van der Waals surface area contributed by atoms with Crippen molar-refractivity contribution in [2.24, 2.45) is 0 Å². The molecule has 25 heavy (non-hydrogen) atoms. The molecule has 3 rings (SSSR count). The first-order chi connectivity index (χ1) is 12.0. The van der Waals surface area contributed by atoms with Crippen molar-refractivity contribution in [1.82, 2.24) is 14.9 Å². The minimum absolute atomic E-state index is 0.252. The van der Waals surface area contributed by atoms with Crippen LogP contribution in [0.2, 0.25) is 0 Å². The van der Waals surface area contributed by atoms with Crippen LogP contribution < -0.4 is 5.32 Å². The summed E-state index contributed by atoms with van der Waals surface area (Å²) < 4.78 is 4.73. The zero-order valence-electron chi connectivity index (χ0n) is 13.9. The Kier molecular flexibility index (Phi) is 4.51. The monoisotopic (exact) mass is 342 g/mol. The van der Waals surface area contributed by atoms with Gasteiger partial charge in [-0.3, -0.25) is 0 Å². The van der Waals surface area contributed by atoms with Crippen molar-refractivity contribution < 1.29 is 19.4 Å². The molecule has 1 aromatic heterocycles. The molecule has 130 valence electrons. The Labute approximate surface area is 144 Å². The number of nitrogens with one attached hydrogen (secondary N) is 1. The van der Waals surface area contributed by atoms with Gasteiger partial charge in [0.05, 0.1) is 24.9 Å². The summed E-state index contributed by atoms with van der Waals surface area (Å²) in [7, 11) is 1.34. The van der Waals surface area contributed by atoms with Crippen LogP contribution >= 0.6 is 0 Å². The second-order valence-electron chi connectivity index (χ2n) is 5.77. The molecule has 0 atom stereocenters. The maximum absolute atomic E-state index is 11.6. The molecule has 1 aliphatic rings. The van der Waals surface area contributed by atoms with Gasteiger partial charge < -0.3 is 20.1 Å². The predicted molar refractivity (Wildman–Crippen MR) is 90.0 cm³/mol. The fourth-order valence-corrected chi connectivity index (χ4v) is 2.74.